The number of hydrogen-bond donors (Lipinski definition) is 1. The number of rotatable bonds is 4. The first-order valence-electron chi connectivity index (χ1n) is 5.75. The third-order valence-corrected chi connectivity index (χ3v) is 3.26. The van der Waals surface area contributed by atoms with Crippen LogP contribution in [0, 0.1) is 0 Å². The van der Waals surface area contributed by atoms with Crippen LogP contribution >= 0.6 is 0 Å². The first-order chi connectivity index (χ1) is 6.70. The van der Waals surface area contributed by atoms with E-state index in [0.717, 1.165) is 19.4 Å². The van der Waals surface area contributed by atoms with Gasteiger partial charge in [0.15, 0.2) is 0 Å². The first kappa shape index (κ1) is 11.5. The fourth-order valence-corrected chi connectivity index (χ4v) is 2.47. The Bertz CT molecular complexity index is 194. The van der Waals surface area contributed by atoms with E-state index in [2.05, 4.69) is 11.8 Å². The lowest BCUT2D eigenvalue weighted by molar-refractivity contribution is -0.125. The van der Waals surface area contributed by atoms with E-state index in [-0.39, 0.29) is 11.9 Å². The topological polar surface area (TPSA) is 46.3 Å². The number of likely N-dealkylation sites (tertiary alicyclic amines) is 1. The molecular weight excluding hydrogens is 176 g/mol. The molecule has 2 N–H and O–H groups in total. The zero-order valence-electron chi connectivity index (χ0n) is 9.33. The van der Waals surface area contributed by atoms with Gasteiger partial charge in [-0.1, -0.05) is 20.3 Å². The molecule has 3 nitrogen and oxygen atoms in total. The van der Waals surface area contributed by atoms with E-state index >= 15 is 0 Å². The zero-order valence-corrected chi connectivity index (χ0v) is 9.33. The number of amides is 1. The minimum Gasteiger partial charge on any atom is -0.368 e. The molecule has 14 heavy (non-hydrogen) atoms. The Hall–Kier alpha value is -0.570. The van der Waals surface area contributed by atoms with Gasteiger partial charge in [-0.15, -0.1) is 0 Å². The summed E-state index contributed by atoms with van der Waals surface area (Å²) in [5.41, 5.74) is 5.41. The van der Waals surface area contributed by atoms with Gasteiger partial charge in [0, 0.05) is 6.04 Å². The second-order valence-electron chi connectivity index (χ2n) is 4.12. The van der Waals surface area contributed by atoms with Crippen LogP contribution in [-0.2, 0) is 4.79 Å². The highest BCUT2D eigenvalue weighted by Gasteiger charge is 2.29. The average molecular weight is 198 g/mol. The van der Waals surface area contributed by atoms with E-state index < -0.39 is 0 Å². The van der Waals surface area contributed by atoms with Crippen molar-refractivity contribution in [2.75, 3.05) is 6.54 Å². The summed E-state index contributed by atoms with van der Waals surface area (Å²) in [6.45, 7) is 5.27. The number of piperidine rings is 1. The molecule has 0 radical (unpaired) electrons. The van der Waals surface area contributed by atoms with Gasteiger partial charge in [0.05, 0.1) is 6.04 Å². The van der Waals surface area contributed by atoms with Gasteiger partial charge in [-0.3, -0.25) is 9.69 Å². The third-order valence-electron chi connectivity index (χ3n) is 3.26. The Kier molecular flexibility index (Phi) is 4.39. The summed E-state index contributed by atoms with van der Waals surface area (Å²) in [5.74, 6) is -0.159. The van der Waals surface area contributed by atoms with E-state index in [0.29, 0.717) is 6.04 Å². The molecule has 1 fully saturated rings. The van der Waals surface area contributed by atoms with E-state index in [1.54, 1.807) is 0 Å². The second-order valence-corrected chi connectivity index (χ2v) is 4.12. The molecule has 2 atom stereocenters. The molecule has 1 saturated heterocycles. The van der Waals surface area contributed by atoms with Gasteiger partial charge in [-0.05, 0) is 32.2 Å². The highest BCUT2D eigenvalue weighted by atomic mass is 16.1. The Morgan fingerprint density at radius 1 is 1.50 bits per heavy atom. The van der Waals surface area contributed by atoms with Crippen molar-refractivity contribution >= 4 is 5.91 Å². The van der Waals surface area contributed by atoms with Gasteiger partial charge in [-0.25, -0.2) is 0 Å². The van der Waals surface area contributed by atoms with Crippen LogP contribution in [0.4, 0.5) is 0 Å². The number of carbonyl (C=O) groups excluding carboxylic acids is 1. The Morgan fingerprint density at radius 3 is 2.71 bits per heavy atom. The molecule has 0 saturated carbocycles. The van der Waals surface area contributed by atoms with Gasteiger partial charge < -0.3 is 5.73 Å². The average Bonchev–Trinajstić information content (AvgIpc) is 2.19. The summed E-state index contributed by atoms with van der Waals surface area (Å²) < 4.78 is 0. The molecule has 82 valence electrons. The van der Waals surface area contributed by atoms with Crippen molar-refractivity contribution in [3.8, 4) is 0 Å². The summed E-state index contributed by atoms with van der Waals surface area (Å²) in [5, 5.41) is 0. The van der Waals surface area contributed by atoms with Gasteiger partial charge in [0.1, 0.15) is 0 Å². The van der Waals surface area contributed by atoms with Crippen molar-refractivity contribution in [1.29, 1.82) is 0 Å². The monoisotopic (exact) mass is 198 g/mol. The zero-order chi connectivity index (χ0) is 10.6. The predicted octanol–water partition coefficient (Wildman–Crippen LogP) is 1.51. The van der Waals surface area contributed by atoms with Crippen LogP contribution in [0.1, 0.15) is 46.0 Å². The number of nitrogens with two attached hydrogens (primary N) is 1. The molecule has 0 aromatic carbocycles. The fraction of sp³-hybridized carbons (Fsp3) is 0.909. The van der Waals surface area contributed by atoms with Crippen LogP contribution in [0.5, 0.6) is 0 Å². The lowest BCUT2D eigenvalue weighted by atomic mass is 9.97. The molecule has 1 aliphatic rings. The van der Waals surface area contributed by atoms with Gasteiger partial charge in [0.25, 0.3) is 0 Å². The van der Waals surface area contributed by atoms with E-state index in [4.69, 9.17) is 5.73 Å². The fourth-order valence-electron chi connectivity index (χ4n) is 2.47. The molecule has 3 heteroatoms. The first-order valence-corrected chi connectivity index (χ1v) is 5.75. The van der Waals surface area contributed by atoms with Crippen molar-refractivity contribution in [3.05, 3.63) is 0 Å². The Morgan fingerprint density at radius 2 is 2.21 bits per heavy atom. The van der Waals surface area contributed by atoms with E-state index in [1.165, 1.54) is 19.3 Å². The van der Waals surface area contributed by atoms with Crippen LogP contribution in [-0.4, -0.2) is 29.4 Å². The van der Waals surface area contributed by atoms with Crippen LogP contribution in [0.3, 0.4) is 0 Å². The number of primary amides is 1. The molecular formula is C11H22N2O. The molecule has 0 bridgehead atoms. The van der Waals surface area contributed by atoms with Gasteiger partial charge in [0.2, 0.25) is 5.91 Å². The predicted molar refractivity (Wildman–Crippen MR) is 57.9 cm³/mol. The smallest absolute Gasteiger partial charge is 0.234 e. The SMILES string of the molecule is CCC1CCCCN1C(CC)C(N)=O. The highest BCUT2D eigenvalue weighted by Crippen LogP contribution is 2.22. The maximum absolute atomic E-state index is 11.3. The Labute approximate surface area is 86.6 Å². The van der Waals surface area contributed by atoms with Crippen molar-refractivity contribution in [2.45, 2.75) is 58.0 Å². The quantitative estimate of drug-likeness (QED) is 0.744. The molecule has 1 amide bonds. The van der Waals surface area contributed by atoms with Crippen LogP contribution < -0.4 is 5.73 Å². The third kappa shape index (κ3) is 2.47. The van der Waals surface area contributed by atoms with Crippen molar-refractivity contribution < 1.29 is 4.79 Å². The lowest BCUT2D eigenvalue weighted by Gasteiger charge is -2.39. The molecule has 1 rings (SSSR count). The maximum Gasteiger partial charge on any atom is 0.234 e. The number of hydrogen-bond acceptors (Lipinski definition) is 2. The Balaban J connectivity index is 2.65. The molecule has 0 aromatic heterocycles. The van der Waals surface area contributed by atoms with Gasteiger partial charge >= 0.3 is 0 Å². The van der Waals surface area contributed by atoms with Crippen LogP contribution in [0.2, 0.25) is 0 Å². The van der Waals surface area contributed by atoms with E-state index in [9.17, 15) is 4.79 Å². The van der Waals surface area contributed by atoms with Crippen molar-refractivity contribution in [1.82, 2.24) is 4.90 Å². The van der Waals surface area contributed by atoms with Crippen molar-refractivity contribution in [2.24, 2.45) is 5.73 Å². The number of nitrogens with zero attached hydrogens (tertiary/aromatic N) is 1. The minimum atomic E-state index is -0.159. The standard InChI is InChI=1S/C11H22N2O/c1-3-9-7-5-6-8-13(9)10(4-2)11(12)14/h9-10H,3-8H2,1-2H3,(H2,12,14). The van der Waals surface area contributed by atoms with Crippen molar-refractivity contribution in [3.63, 3.8) is 0 Å². The summed E-state index contributed by atoms with van der Waals surface area (Å²) in [4.78, 5) is 13.6. The minimum absolute atomic E-state index is 0.0414. The molecule has 0 aliphatic carbocycles. The molecule has 1 heterocycles. The largest absolute Gasteiger partial charge is 0.368 e. The summed E-state index contributed by atoms with van der Waals surface area (Å²) in [6.07, 6.45) is 5.69. The summed E-state index contributed by atoms with van der Waals surface area (Å²) in [6, 6.07) is 0.529. The van der Waals surface area contributed by atoms with E-state index in [1.807, 2.05) is 6.92 Å². The normalized spacial score (nSPS) is 26.0. The molecule has 0 aromatic rings. The lowest BCUT2D eigenvalue weighted by Crippen LogP contribution is -2.51. The maximum atomic E-state index is 11.3. The second kappa shape index (κ2) is 5.35. The van der Waals surface area contributed by atoms with Gasteiger partial charge in [-0.2, -0.15) is 0 Å². The number of carbonyl (C=O) groups is 1. The summed E-state index contributed by atoms with van der Waals surface area (Å²) >= 11 is 0. The molecule has 1 aliphatic heterocycles. The highest BCUT2D eigenvalue weighted by molar-refractivity contribution is 5.79. The van der Waals surface area contributed by atoms with Crippen LogP contribution in [0.25, 0.3) is 0 Å². The molecule has 0 spiro atoms. The molecule has 2 unspecified atom stereocenters. The summed E-state index contributed by atoms with van der Waals surface area (Å²) in [7, 11) is 0. The van der Waals surface area contributed by atoms with Crippen LogP contribution in [0.15, 0.2) is 0 Å².